The van der Waals surface area contributed by atoms with E-state index in [0.29, 0.717) is 28.1 Å². The normalized spacial score (nSPS) is 11.0. The fraction of sp³-hybridized carbons (Fsp3) is 0.160. The van der Waals surface area contributed by atoms with Crippen LogP contribution in [0.1, 0.15) is 40.3 Å². The van der Waals surface area contributed by atoms with Gasteiger partial charge < -0.3 is 19.8 Å². The van der Waals surface area contributed by atoms with E-state index >= 15 is 0 Å². The minimum atomic E-state index is -0.407. The summed E-state index contributed by atoms with van der Waals surface area (Å²) in [6.07, 6.45) is 3.20. The van der Waals surface area contributed by atoms with Crippen LogP contribution in [0.25, 0.3) is 11.0 Å². The maximum Gasteiger partial charge on any atom is 0.291 e. The van der Waals surface area contributed by atoms with Gasteiger partial charge in [0.2, 0.25) is 0 Å². The van der Waals surface area contributed by atoms with Crippen molar-refractivity contribution in [1.29, 1.82) is 0 Å². The summed E-state index contributed by atoms with van der Waals surface area (Å²) < 4.78 is 11.6. The van der Waals surface area contributed by atoms with Crippen molar-refractivity contribution in [1.82, 2.24) is 4.98 Å². The maximum absolute atomic E-state index is 13.1. The van der Waals surface area contributed by atoms with Gasteiger partial charge in [-0.3, -0.25) is 14.6 Å². The van der Waals surface area contributed by atoms with Crippen LogP contribution < -0.4 is 10.6 Å². The molecule has 2 N–H and O–H groups in total. The van der Waals surface area contributed by atoms with Crippen molar-refractivity contribution in [2.24, 2.45) is 0 Å². The van der Waals surface area contributed by atoms with Gasteiger partial charge in [-0.25, -0.2) is 0 Å². The van der Waals surface area contributed by atoms with Crippen molar-refractivity contribution in [3.8, 4) is 0 Å². The molecule has 32 heavy (non-hydrogen) atoms. The third-order valence-electron chi connectivity index (χ3n) is 4.79. The zero-order chi connectivity index (χ0) is 22.5. The number of furan rings is 1. The van der Waals surface area contributed by atoms with Gasteiger partial charge in [0.15, 0.2) is 5.76 Å². The lowest BCUT2D eigenvalue weighted by Gasteiger charge is -2.10. The van der Waals surface area contributed by atoms with E-state index in [4.69, 9.17) is 9.15 Å². The van der Waals surface area contributed by atoms with Gasteiger partial charge in [-0.1, -0.05) is 24.3 Å². The number of amides is 2. The predicted molar refractivity (Wildman–Crippen MR) is 123 cm³/mol. The first-order valence-corrected chi connectivity index (χ1v) is 10.3. The lowest BCUT2D eigenvalue weighted by atomic mass is 10.1. The van der Waals surface area contributed by atoms with E-state index in [0.717, 1.165) is 5.39 Å². The molecular formula is C25H23N3O4. The first-order chi connectivity index (χ1) is 15.5. The van der Waals surface area contributed by atoms with Crippen LogP contribution >= 0.6 is 0 Å². The summed E-state index contributed by atoms with van der Waals surface area (Å²) in [5.41, 5.74) is 2.83. The molecule has 4 aromatic rings. The Morgan fingerprint density at radius 2 is 1.69 bits per heavy atom. The van der Waals surface area contributed by atoms with Gasteiger partial charge in [0, 0.05) is 40.3 Å². The van der Waals surface area contributed by atoms with Crippen LogP contribution in [-0.4, -0.2) is 22.9 Å². The number of fused-ring (bicyclic) bond motifs is 1. The minimum Gasteiger partial charge on any atom is -0.451 e. The number of hydrogen-bond acceptors (Lipinski definition) is 5. The van der Waals surface area contributed by atoms with Crippen LogP contribution in [0, 0.1) is 0 Å². The molecule has 0 spiro atoms. The Labute approximate surface area is 185 Å². The standard InChI is InChI=1S/C25H23N3O4/c1-16(2)31-15-21-20-8-3-4-9-22(20)32-23(21)25(30)28-19-7-5-6-17(14-19)24(29)27-18-10-12-26-13-11-18/h3-14,16H,15H2,1-2H3,(H,28,30)(H,26,27,29). The number of nitrogens with zero attached hydrogens (tertiary/aromatic N) is 1. The number of hydrogen-bond donors (Lipinski definition) is 2. The number of aromatic nitrogens is 1. The number of ether oxygens (including phenoxy) is 1. The van der Waals surface area contributed by atoms with Crippen molar-refractivity contribution < 1.29 is 18.7 Å². The van der Waals surface area contributed by atoms with Crippen molar-refractivity contribution in [2.45, 2.75) is 26.6 Å². The Kier molecular flexibility index (Phi) is 6.28. The van der Waals surface area contributed by atoms with Gasteiger partial charge in [-0.2, -0.15) is 0 Å². The van der Waals surface area contributed by atoms with E-state index in [1.54, 1.807) is 48.8 Å². The second-order valence-corrected chi connectivity index (χ2v) is 7.49. The first-order valence-electron chi connectivity index (χ1n) is 10.3. The quantitative estimate of drug-likeness (QED) is 0.418. The third kappa shape index (κ3) is 4.84. The van der Waals surface area contributed by atoms with Crippen LogP contribution in [0.15, 0.2) is 77.5 Å². The van der Waals surface area contributed by atoms with Crippen molar-refractivity contribution >= 4 is 34.2 Å². The number of anilines is 2. The lowest BCUT2D eigenvalue weighted by Crippen LogP contribution is -2.16. The molecule has 0 saturated heterocycles. The lowest BCUT2D eigenvalue weighted by molar-refractivity contribution is 0.0648. The number of rotatable bonds is 7. The van der Waals surface area contributed by atoms with E-state index in [2.05, 4.69) is 15.6 Å². The summed E-state index contributed by atoms with van der Waals surface area (Å²) in [6, 6.07) is 17.6. The molecule has 162 valence electrons. The van der Waals surface area contributed by atoms with E-state index in [9.17, 15) is 9.59 Å². The molecule has 2 amide bonds. The molecule has 0 aliphatic heterocycles. The van der Waals surface area contributed by atoms with Crippen molar-refractivity contribution in [2.75, 3.05) is 10.6 Å². The van der Waals surface area contributed by atoms with Crippen LogP contribution in [-0.2, 0) is 11.3 Å². The average molecular weight is 429 g/mol. The van der Waals surface area contributed by atoms with E-state index in [-0.39, 0.29) is 24.4 Å². The Morgan fingerprint density at radius 3 is 2.47 bits per heavy atom. The molecule has 2 heterocycles. The summed E-state index contributed by atoms with van der Waals surface area (Å²) in [4.78, 5) is 29.5. The maximum atomic E-state index is 13.1. The smallest absolute Gasteiger partial charge is 0.291 e. The number of nitrogens with one attached hydrogen (secondary N) is 2. The van der Waals surface area contributed by atoms with Crippen LogP contribution in [0.2, 0.25) is 0 Å². The monoisotopic (exact) mass is 429 g/mol. The molecular weight excluding hydrogens is 406 g/mol. The zero-order valence-electron chi connectivity index (χ0n) is 17.8. The van der Waals surface area contributed by atoms with Gasteiger partial charge in [0.25, 0.3) is 11.8 Å². The van der Waals surface area contributed by atoms with Gasteiger partial charge >= 0.3 is 0 Å². The molecule has 0 radical (unpaired) electrons. The average Bonchev–Trinajstić information content (AvgIpc) is 3.17. The van der Waals surface area contributed by atoms with Crippen LogP contribution in [0.5, 0.6) is 0 Å². The largest absolute Gasteiger partial charge is 0.451 e. The highest BCUT2D eigenvalue weighted by Crippen LogP contribution is 2.28. The number of pyridine rings is 1. The summed E-state index contributed by atoms with van der Waals surface area (Å²) >= 11 is 0. The second kappa shape index (κ2) is 9.45. The topological polar surface area (TPSA) is 93.5 Å². The van der Waals surface area contributed by atoms with Gasteiger partial charge in [0.05, 0.1) is 12.7 Å². The molecule has 2 aromatic heterocycles. The number of benzene rings is 2. The summed E-state index contributed by atoms with van der Waals surface area (Å²) in [5, 5.41) is 6.46. The number of carbonyl (C=O) groups excluding carboxylic acids is 2. The van der Waals surface area contributed by atoms with Crippen LogP contribution in [0.3, 0.4) is 0 Å². The SMILES string of the molecule is CC(C)OCc1c(C(=O)Nc2cccc(C(=O)Nc3ccncc3)c2)oc2ccccc12. The fourth-order valence-corrected chi connectivity index (χ4v) is 3.24. The van der Waals surface area contributed by atoms with Gasteiger partial charge in [0.1, 0.15) is 5.58 Å². The molecule has 0 bridgehead atoms. The molecule has 7 heteroatoms. The molecule has 0 unspecified atom stereocenters. The van der Waals surface area contributed by atoms with Crippen molar-refractivity contribution in [3.63, 3.8) is 0 Å². The van der Waals surface area contributed by atoms with E-state index < -0.39 is 5.91 Å². The third-order valence-corrected chi connectivity index (χ3v) is 4.79. The predicted octanol–water partition coefficient (Wildman–Crippen LogP) is 5.26. The Bertz CT molecular complexity index is 1250. The van der Waals surface area contributed by atoms with Gasteiger partial charge in [-0.05, 0) is 50.2 Å². The first kappa shape index (κ1) is 21.3. The highest BCUT2D eigenvalue weighted by Gasteiger charge is 2.21. The Morgan fingerprint density at radius 1 is 0.938 bits per heavy atom. The second-order valence-electron chi connectivity index (χ2n) is 7.49. The van der Waals surface area contributed by atoms with Crippen molar-refractivity contribution in [3.05, 3.63) is 89.9 Å². The number of para-hydroxylation sites is 1. The molecule has 0 aliphatic rings. The summed E-state index contributed by atoms with van der Waals surface area (Å²) in [7, 11) is 0. The van der Waals surface area contributed by atoms with E-state index in [1.807, 2.05) is 38.1 Å². The minimum absolute atomic E-state index is 0.00941. The molecule has 2 aromatic carbocycles. The summed E-state index contributed by atoms with van der Waals surface area (Å²) in [6.45, 7) is 4.13. The molecule has 7 nitrogen and oxygen atoms in total. The van der Waals surface area contributed by atoms with Crippen LogP contribution in [0.4, 0.5) is 11.4 Å². The molecule has 0 saturated carbocycles. The van der Waals surface area contributed by atoms with E-state index in [1.165, 1.54) is 0 Å². The highest BCUT2D eigenvalue weighted by molar-refractivity contribution is 6.08. The zero-order valence-corrected chi connectivity index (χ0v) is 17.8. The molecule has 4 rings (SSSR count). The summed E-state index contributed by atoms with van der Waals surface area (Å²) in [5.74, 6) is -0.504. The highest BCUT2D eigenvalue weighted by atomic mass is 16.5. The number of carbonyl (C=O) groups is 2. The Hall–Kier alpha value is -3.97. The van der Waals surface area contributed by atoms with Gasteiger partial charge in [-0.15, -0.1) is 0 Å². The Balaban J connectivity index is 1.55. The molecule has 0 aliphatic carbocycles. The fourth-order valence-electron chi connectivity index (χ4n) is 3.24. The molecule has 0 atom stereocenters. The molecule has 0 fully saturated rings.